The fraction of sp³-hybridized carbons (Fsp3) is 0.125. The lowest BCUT2D eigenvalue weighted by Crippen LogP contribution is -2.12. The van der Waals surface area contributed by atoms with Gasteiger partial charge in [0.25, 0.3) is 5.91 Å². The molecule has 0 atom stereocenters. The summed E-state index contributed by atoms with van der Waals surface area (Å²) < 4.78 is 0. The summed E-state index contributed by atoms with van der Waals surface area (Å²) in [7, 11) is 0. The van der Waals surface area contributed by atoms with Gasteiger partial charge in [-0.1, -0.05) is 11.6 Å². The fourth-order valence-corrected chi connectivity index (χ4v) is 1.61. The minimum Gasteiger partial charge on any atom is -0.348 e. The molecule has 2 rings (SSSR count). The van der Waals surface area contributed by atoms with Gasteiger partial charge in [-0.05, 0) is 17.7 Å². The van der Waals surface area contributed by atoms with Crippen molar-refractivity contribution in [1.82, 2.24) is 5.32 Å². The van der Waals surface area contributed by atoms with E-state index in [0.29, 0.717) is 22.0 Å². The molecule has 0 saturated carbocycles. The normalized spacial score (nSPS) is 14.3. The average molecular weight is 200 g/mol. The van der Waals surface area contributed by atoms with Crippen LogP contribution in [0.3, 0.4) is 0 Å². The first-order chi connectivity index (χ1) is 5.68. The second-order valence-electron chi connectivity index (χ2n) is 2.64. The zero-order valence-corrected chi connectivity index (χ0v) is 7.75. The highest BCUT2D eigenvalue weighted by Crippen LogP contribution is 2.26. The molecule has 1 aromatic carbocycles. The molecule has 1 heterocycles. The Labute approximate surface area is 80.3 Å². The SMILES string of the molecule is O=C1NCc2cc(Cl)c(S)cc21. The van der Waals surface area contributed by atoms with Gasteiger partial charge < -0.3 is 5.32 Å². The Bertz CT molecular complexity index is 364. The lowest BCUT2D eigenvalue weighted by atomic mass is 10.1. The quantitative estimate of drug-likeness (QED) is 0.614. The molecule has 1 aromatic rings. The number of carbonyl (C=O) groups is 1. The second kappa shape index (κ2) is 2.68. The Balaban J connectivity index is 2.63. The van der Waals surface area contributed by atoms with E-state index < -0.39 is 0 Å². The highest BCUT2D eigenvalue weighted by molar-refractivity contribution is 7.80. The monoisotopic (exact) mass is 199 g/mol. The van der Waals surface area contributed by atoms with Crippen molar-refractivity contribution < 1.29 is 4.79 Å². The van der Waals surface area contributed by atoms with Crippen molar-refractivity contribution in [1.29, 1.82) is 0 Å². The summed E-state index contributed by atoms with van der Waals surface area (Å²) >= 11 is 9.95. The summed E-state index contributed by atoms with van der Waals surface area (Å²) in [5.41, 5.74) is 1.63. The van der Waals surface area contributed by atoms with E-state index in [4.69, 9.17) is 11.6 Å². The third-order valence-electron chi connectivity index (χ3n) is 1.86. The molecule has 2 nitrogen and oxygen atoms in total. The molecule has 0 aromatic heterocycles. The van der Waals surface area contributed by atoms with E-state index >= 15 is 0 Å². The molecule has 4 heteroatoms. The molecule has 0 fully saturated rings. The van der Waals surface area contributed by atoms with E-state index in [9.17, 15) is 4.79 Å². The van der Waals surface area contributed by atoms with Gasteiger partial charge in [0.15, 0.2) is 0 Å². The molecule has 62 valence electrons. The van der Waals surface area contributed by atoms with Gasteiger partial charge >= 0.3 is 0 Å². The molecular formula is C8H6ClNOS. The minimum atomic E-state index is -0.0445. The van der Waals surface area contributed by atoms with Gasteiger partial charge in [-0.15, -0.1) is 12.6 Å². The maximum Gasteiger partial charge on any atom is 0.251 e. The molecule has 12 heavy (non-hydrogen) atoms. The molecule has 1 aliphatic rings. The number of fused-ring (bicyclic) bond motifs is 1. The van der Waals surface area contributed by atoms with Gasteiger partial charge in [0.2, 0.25) is 0 Å². The Hall–Kier alpha value is -0.670. The Kier molecular flexibility index (Phi) is 1.77. The predicted octanol–water partition coefficient (Wildman–Crippen LogP) is 1.87. The van der Waals surface area contributed by atoms with Crippen LogP contribution in [-0.2, 0) is 6.54 Å². The summed E-state index contributed by atoms with van der Waals surface area (Å²) in [6, 6.07) is 3.47. The van der Waals surface area contributed by atoms with E-state index in [1.807, 2.05) is 0 Å². The van der Waals surface area contributed by atoms with E-state index in [-0.39, 0.29) is 5.91 Å². The summed E-state index contributed by atoms with van der Waals surface area (Å²) in [6.07, 6.45) is 0. The summed E-state index contributed by atoms with van der Waals surface area (Å²) in [5, 5.41) is 3.30. The number of amides is 1. The van der Waals surface area contributed by atoms with Crippen LogP contribution in [0.5, 0.6) is 0 Å². The number of carbonyl (C=O) groups excluding carboxylic acids is 1. The highest BCUT2D eigenvalue weighted by Gasteiger charge is 2.19. The molecule has 0 spiro atoms. The van der Waals surface area contributed by atoms with Crippen molar-refractivity contribution in [3.63, 3.8) is 0 Å². The molecule has 0 aliphatic carbocycles. The molecule has 1 amide bonds. The maximum absolute atomic E-state index is 11.1. The van der Waals surface area contributed by atoms with Gasteiger partial charge in [0.05, 0.1) is 5.02 Å². The average Bonchev–Trinajstić information content (AvgIpc) is 2.35. The molecule has 1 aliphatic heterocycles. The molecule has 0 bridgehead atoms. The number of benzene rings is 1. The van der Waals surface area contributed by atoms with Crippen molar-refractivity contribution in [2.24, 2.45) is 0 Å². The Morgan fingerprint density at radius 1 is 1.50 bits per heavy atom. The van der Waals surface area contributed by atoms with E-state index in [0.717, 1.165) is 5.56 Å². The predicted molar refractivity (Wildman–Crippen MR) is 49.9 cm³/mol. The number of nitrogens with one attached hydrogen (secondary N) is 1. The standard InChI is InChI=1S/C8H6ClNOS/c9-6-1-4-3-10-8(11)5(4)2-7(6)12/h1-2,12H,3H2,(H,10,11). The first kappa shape index (κ1) is 7.95. The smallest absolute Gasteiger partial charge is 0.251 e. The summed E-state index contributed by atoms with van der Waals surface area (Å²) in [6.45, 7) is 0.571. The maximum atomic E-state index is 11.1. The molecule has 0 unspecified atom stereocenters. The van der Waals surface area contributed by atoms with Crippen molar-refractivity contribution in [3.05, 3.63) is 28.3 Å². The second-order valence-corrected chi connectivity index (χ2v) is 3.53. The van der Waals surface area contributed by atoms with Crippen molar-refractivity contribution in [3.8, 4) is 0 Å². The van der Waals surface area contributed by atoms with Gasteiger partial charge in [-0.2, -0.15) is 0 Å². The van der Waals surface area contributed by atoms with Crippen LogP contribution < -0.4 is 5.32 Å². The lowest BCUT2D eigenvalue weighted by molar-refractivity contribution is 0.0965. The Morgan fingerprint density at radius 2 is 2.25 bits per heavy atom. The first-order valence-corrected chi connectivity index (χ1v) is 4.30. The number of rotatable bonds is 0. The van der Waals surface area contributed by atoms with Crippen LogP contribution in [0, 0.1) is 0 Å². The number of hydrogen-bond acceptors (Lipinski definition) is 2. The number of hydrogen-bond donors (Lipinski definition) is 2. The van der Waals surface area contributed by atoms with Gasteiger partial charge in [0, 0.05) is 17.0 Å². The number of halogens is 1. The first-order valence-electron chi connectivity index (χ1n) is 3.48. The van der Waals surface area contributed by atoms with Crippen LogP contribution in [0.15, 0.2) is 17.0 Å². The zero-order valence-electron chi connectivity index (χ0n) is 6.10. The fourth-order valence-electron chi connectivity index (χ4n) is 1.23. The molecule has 1 N–H and O–H groups in total. The molecule has 0 saturated heterocycles. The van der Waals surface area contributed by atoms with E-state index in [1.54, 1.807) is 12.1 Å². The minimum absolute atomic E-state index is 0.0445. The van der Waals surface area contributed by atoms with Crippen LogP contribution >= 0.6 is 24.2 Å². The van der Waals surface area contributed by atoms with Gasteiger partial charge in [0.1, 0.15) is 0 Å². The largest absolute Gasteiger partial charge is 0.348 e. The van der Waals surface area contributed by atoms with Crippen molar-refractivity contribution >= 4 is 30.1 Å². The van der Waals surface area contributed by atoms with Crippen molar-refractivity contribution in [2.75, 3.05) is 0 Å². The van der Waals surface area contributed by atoms with Crippen LogP contribution in [0.2, 0.25) is 5.02 Å². The molecule has 0 radical (unpaired) electrons. The summed E-state index contributed by atoms with van der Waals surface area (Å²) in [4.78, 5) is 11.8. The van der Waals surface area contributed by atoms with E-state index in [1.165, 1.54) is 0 Å². The van der Waals surface area contributed by atoms with Crippen molar-refractivity contribution in [2.45, 2.75) is 11.4 Å². The highest BCUT2D eigenvalue weighted by atomic mass is 35.5. The van der Waals surface area contributed by atoms with Gasteiger partial charge in [-0.25, -0.2) is 0 Å². The lowest BCUT2D eigenvalue weighted by Gasteiger charge is -1.99. The van der Waals surface area contributed by atoms with Crippen LogP contribution in [0.1, 0.15) is 15.9 Å². The van der Waals surface area contributed by atoms with E-state index in [2.05, 4.69) is 17.9 Å². The van der Waals surface area contributed by atoms with Crippen LogP contribution in [0.25, 0.3) is 0 Å². The van der Waals surface area contributed by atoms with Gasteiger partial charge in [-0.3, -0.25) is 4.79 Å². The van der Waals surface area contributed by atoms with Crippen LogP contribution in [-0.4, -0.2) is 5.91 Å². The summed E-state index contributed by atoms with van der Waals surface area (Å²) in [5.74, 6) is -0.0445. The zero-order chi connectivity index (χ0) is 8.72. The third kappa shape index (κ3) is 1.09. The van der Waals surface area contributed by atoms with Crippen LogP contribution in [0.4, 0.5) is 0 Å². The topological polar surface area (TPSA) is 29.1 Å². The Morgan fingerprint density at radius 3 is 3.00 bits per heavy atom. The number of thiol groups is 1. The molecular weight excluding hydrogens is 194 g/mol. The third-order valence-corrected chi connectivity index (χ3v) is 2.67.